The number of para-hydroxylation sites is 1. The van der Waals surface area contributed by atoms with Crippen LogP contribution in [0.5, 0.6) is 11.5 Å². The van der Waals surface area contributed by atoms with E-state index >= 15 is 0 Å². The second-order valence-corrected chi connectivity index (χ2v) is 4.00. The summed E-state index contributed by atoms with van der Waals surface area (Å²) in [5.41, 5.74) is 6.58. The number of hydrogen-bond acceptors (Lipinski definition) is 3. The van der Waals surface area contributed by atoms with Crippen LogP contribution in [0.2, 0.25) is 0 Å². The Labute approximate surface area is 95.3 Å². The topological polar surface area (TPSA) is 66.5 Å². The molecular formula is C11H16ClNO2. The Kier molecular flexibility index (Phi) is 3.83. The first-order chi connectivity index (χ1) is 6.68. The summed E-state index contributed by atoms with van der Waals surface area (Å²) in [6.45, 7) is 0. The van der Waals surface area contributed by atoms with Crippen LogP contribution in [0.4, 0.5) is 0 Å². The number of phenols is 2. The van der Waals surface area contributed by atoms with Crippen LogP contribution in [0.1, 0.15) is 30.9 Å². The van der Waals surface area contributed by atoms with Gasteiger partial charge >= 0.3 is 0 Å². The van der Waals surface area contributed by atoms with Crippen LogP contribution in [-0.4, -0.2) is 10.2 Å². The molecule has 1 atom stereocenters. The first kappa shape index (κ1) is 12.1. The molecule has 1 aromatic carbocycles. The molecule has 0 radical (unpaired) electrons. The molecule has 3 nitrogen and oxygen atoms in total. The van der Waals surface area contributed by atoms with Gasteiger partial charge in [-0.2, -0.15) is 0 Å². The maximum Gasteiger partial charge on any atom is 0.162 e. The molecule has 15 heavy (non-hydrogen) atoms. The van der Waals surface area contributed by atoms with E-state index < -0.39 is 0 Å². The lowest BCUT2D eigenvalue weighted by Crippen LogP contribution is -2.11. The maximum absolute atomic E-state index is 9.57. The van der Waals surface area contributed by atoms with Crippen LogP contribution in [-0.2, 0) is 0 Å². The fourth-order valence-electron chi connectivity index (χ4n) is 1.69. The molecule has 0 aromatic heterocycles. The lowest BCUT2D eigenvalue weighted by Gasteiger charge is -2.13. The molecular weight excluding hydrogens is 214 g/mol. The molecule has 0 unspecified atom stereocenters. The van der Waals surface area contributed by atoms with Crippen molar-refractivity contribution in [3.63, 3.8) is 0 Å². The number of benzene rings is 1. The van der Waals surface area contributed by atoms with Crippen LogP contribution >= 0.6 is 12.4 Å². The van der Waals surface area contributed by atoms with Gasteiger partial charge in [-0.1, -0.05) is 25.0 Å². The molecule has 4 N–H and O–H groups in total. The van der Waals surface area contributed by atoms with Crippen molar-refractivity contribution in [1.29, 1.82) is 0 Å². The zero-order valence-electron chi connectivity index (χ0n) is 8.39. The molecule has 0 aliphatic heterocycles. The van der Waals surface area contributed by atoms with E-state index in [1.807, 2.05) is 0 Å². The Hall–Kier alpha value is -0.930. The van der Waals surface area contributed by atoms with Gasteiger partial charge in [-0.3, -0.25) is 0 Å². The largest absolute Gasteiger partial charge is 0.504 e. The highest BCUT2D eigenvalue weighted by Crippen LogP contribution is 2.40. The van der Waals surface area contributed by atoms with Crippen LogP contribution in [0.3, 0.4) is 0 Å². The van der Waals surface area contributed by atoms with E-state index in [1.165, 1.54) is 18.9 Å². The molecule has 0 saturated heterocycles. The number of halogens is 1. The zero-order chi connectivity index (χ0) is 10.1. The zero-order valence-corrected chi connectivity index (χ0v) is 9.20. The SMILES string of the molecule is Cl.N[C@@H](CC1CC1)c1cccc(O)c1O. The molecule has 1 aliphatic carbocycles. The minimum absolute atomic E-state index is 0. The van der Waals surface area contributed by atoms with Gasteiger partial charge in [0.05, 0.1) is 0 Å². The van der Waals surface area contributed by atoms with Gasteiger partial charge < -0.3 is 15.9 Å². The summed E-state index contributed by atoms with van der Waals surface area (Å²) in [4.78, 5) is 0. The van der Waals surface area contributed by atoms with E-state index in [0.717, 1.165) is 6.42 Å². The summed E-state index contributed by atoms with van der Waals surface area (Å²) in [5, 5.41) is 18.9. The van der Waals surface area contributed by atoms with Crippen molar-refractivity contribution < 1.29 is 10.2 Å². The first-order valence-corrected chi connectivity index (χ1v) is 4.95. The Morgan fingerprint density at radius 1 is 1.33 bits per heavy atom. The molecule has 0 bridgehead atoms. The predicted molar refractivity (Wildman–Crippen MR) is 61.3 cm³/mol. The van der Waals surface area contributed by atoms with Gasteiger partial charge in [-0.25, -0.2) is 0 Å². The van der Waals surface area contributed by atoms with E-state index in [0.29, 0.717) is 11.5 Å². The molecule has 0 heterocycles. The number of aromatic hydroxyl groups is 2. The predicted octanol–water partition coefficient (Wildman–Crippen LogP) is 2.32. The Morgan fingerprint density at radius 3 is 2.60 bits per heavy atom. The molecule has 4 heteroatoms. The molecule has 0 amide bonds. The Morgan fingerprint density at radius 2 is 2.00 bits per heavy atom. The van der Waals surface area contributed by atoms with E-state index in [4.69, 9.17) is 5.73 Å². The maximum atomic E-state index is 9.57. The monoisotopic (exact) mass is 229 g/mol. The third-order valence-corrected chi connectivity index (χ3v) is 2.73. The van der Waals surface area contributed by atoms with Crippen LogP contribution in [0.15, 0.2) is 18.2 Å². The van der Waals surface area contributed by atoms with Crippen molar-refractivity contribution in [3.8, 4) is 11.5 Å². The van der Waals surface area contributed by atoms with Crippen molar-refractivity contribution in [2.75, 3.05) is 0 Å². The lowest BCUT2D eigenvalue weighted by molar-refractivity contribution is 0.393. The van der Waals surface area contributed by atoms with E-state index in [9.17, 15) is 10.2 Å². The standard InChI is InChI=1S/C11H15NO2.ClH/c12-9(6-7-4-5-7)8-2-1-3-10(13)11(8)14;/h1-3,7,9,13-14H,4-6,12H2;1H/t9-;/m0./s1. The van der Waals surface area contributed by atoms with Gasteiger partial charge in [-0.05, 0) is 18.4 Å². The Bertz CT molecular complexity index is 339. The van der Waals surface area contributed by atoms with E-state index in [1.54, 1.807) is 12.1 Å². The van der Waals surface area contributed by atoms with Crippen molar-refractivity contribution in [3.05, 3.63) is 23.8 Å². The Balaban J connectivity index is 0.00000112. The summed E-state index contributed by atoms with van der Waals surface area (Å²) >= 11 is 0. The normalized spacial score (nSPS) is 16.9. The molecule has 1 aliphatic rings. The van der Waals surface area contributed by atoms with E-state index in [2.05, 4.69) is 0 Å². The number of rotatable bonds is 3. The highest BCUT2D eigenvalue weighted by molar-refractivity contribution is 5.85. The van der Waals surface area contributed by atoms with Gasteiger partial charge in [0.15, 0.2) is 11.5 Å². The third-order valence-electron chi connectivity index (χ3n) is 2.73. The first-order valence-electron chi connectivity index (χ1n) is 4.95. The second-order valence-electron chi connectivity index (χ2n) is 4.00. The van der Waals surface area contributed by atoms with Gasteiger partial charge in [0, 0.05) is 11.6 Å². The second kappa shape index (κ2) is 4.73. The summed E-state index contributed by atoms with van der Waals surface area (Å²) in [7, 11) is 0. The molecule has 1 saturated carbocycles. The van der Waals surface area contributed by atoms with Crippen molar-refractivity contribution in [2.45, 2.75) is 25.3 Å². The minimum Gasteiger partial charge on any atom is -0.504 e. The third kappa shape index (κ3) is 2.76. The van der Waals surface area contributed by atoms with Gasteiger partial charge in [-0.15, -0.1) is 12.4 Å². The number of hydrogen-bond donors (Lipinski definition) is 3. The van der Waals surface area contributed by atoms with Gasteiger partial charge in [0.1, 0.15) is 0 Å². The van der Waals surface area contributed by atoms with E-state index in [-0.39, 0.29) is 29.9 Å². The summed E-state index contributed by atoms with van der Waals surface area (Å²) in [6.07, 6.45) is 3.39. The summed E-state index contributed by atoms with van der Waals surface area (Å²) < 4.78 is 0. The molecule has 2 rings (SSSR count). The van der Waals surface area contributed by atoms with Crippen molar-refractivity contribution >= 4 is 12.4 Å². The van der Waals surface area contributed by atoms with Crippen LogP contribution in [0.25, 0.3) is 0 Å². The van der Waals surface area contributed by atoms with Gasteiger partial charge in [0.2, 0.25) is 0 Å². The van der Waals surface area contributed by atoms with Crippen molar-refractivity contribution in [2.24, 2.45) is 11.7 Å². The average Bonchev–Trinajstić information content (AvgIpc) is 2.93. The smallest absolute Gasteiger partial charge is 0.162 e. The van der Waals surface area contributed by atoms with Gasteiger partial charge in [0.25, 0.3) is 0 Å². The highest BCUT2D eigenvalue weighted by Gasteiger charge is 2.25. The van der Waals surface area contributed by atoms with Crippen molar-refractivity contribution in [1.82, 2.24) is 0 Å². The number of nitrogens with two attached hydrogens (primary N) is 1. The fraction of sp³-hybridized carbons (Fsp3) is 0.455. The highest BCUT2D eigenvalue weighted by atomic mass is 35.5. The van der Waals surface area contributed by atoms with Crippen LogP contribution < -0.4 is 5.73 Å². The van der Waals surface area contributed by atoms with Crippen LogP contribution in [0, 0.1) is 5.92 Å². The average molecular weight is 230 g/mol. The summed E-state index contributed by atoms with van der Waals surface area (Å²) in [5.74, 6) is 0.557. The number of phenolic OH excluding ortho intramolecular Hbond substituents is 2. The molecule has 0 spiro atoms. The lowest BCUT2D eigenvalue weighted by atomic mass is 10.0. The molecule has 1 aromatic rings. The summed E-state index contributed by atoms with van der Waals surface area (Å²) in [6, 6.07) is 4.77. The molecule has 1 fully saturated rings. The quantitative estimate of drug-likeness (QED) is 0.697. The minimum atomic E-state index is -0.158. The molecule has 84 valence electrons. The fourth-order valence-corrected chi connectivity index (χ4v) is 1.69.